The predicted octanol–water partition coefficient (Wildman–Crippen LogP) is 2.90. The van der Waals surface area contributed by atoms with Crippen LogP contribution in [0.1, 0.15) is 46.6 Å². The Bertz CT molecular complexity index is 590. The Hall–Kier alpha value is -1.50. The van der Waals surface area contributed by atoms with Crippen molar-refractivity contribution >= 4 is 5.97 Å². The van der Waals surface area contributed by atoms with Crippen molar-refractivity contribution in [1.29, 1.82) is 0 Å². The molecule has 6 heteroatoms. The number of aliphatic hydroxyl groups is 1. The summed E-state index contributed by atoms with van der Waals surface area (Å²) in [6.07, 6.45) is -1.01. The SMILES string of the molecule is CC(C)(C)OC(=O)C[C@H]1OC(C)(C)OC[C@]1(O)c1ccc(F)cc1. The van der Waals surface area contributed by atoms with Gasteiger partial charge in [0.1, 0.15) is 23.1 Å². The zero-order chi connectivity index (χ0) is 18.2. The first-order valence-corrected chi connectivity index (χ1v) is 7.93. The van der Waals surface area contributed by atoms with Gasteiger partial charge in [0.25, 0.3) is 0 Å². The van der Waals surface area contributed by atoms with E-state index in [0.717, 1.165) is 0 Å². The number of benzene rings is 1. The van der Waals surface area contributed by atoms with Gasteiger partial charge in [0.2, 0.25) is 0 Å². The molecule has 1 aromatic carbocycles. The monoisotopic (exact) mass is 340 g/mol. The summed E-state index contributed by atoms with van der Waals surface area (Å²) < 4.78 is 29.9. The fraction of sp³-hybridized carbons (Fsp3) is 0.611. The molecule has 0 amide bonds. The van der Waals surface area contributed by atoms with E-state index in [2.05, 4.69) is 0 Å². The highest BCUT2D eigenvalue weighted by molar-refractivity contribution is 5.70. The Kier molecular flexibility index (Phi) is 5.04. The molecular weight excluding hydrogens is 315 g/mol. The van der Waals surface area contributed by atoms with Crippen LogP contribution in [0.4, 0.5) is 4.39 Å². The molecule has 2 atom stereocenters. The number of carbonyl (C=O) groups excluding carboxylic acids is 1. The molecule has 0 saturated carbocycles. The summed E-state index contributed by atoms with van der Waals surface area (Å²) in [4.78, 5) is 12.2. The van der Waals surface area contributed by atoms with E-state index in [4.69, 9.17) is 14.2 Å². The molecule has 0 spiro atoms. The van der Waals surface area contributed by atoms with E-state index in [9.17, 15) is 14.3 Å². The number of ether oxygens (including phenoxy) is 3. The Balaban J connectivity index is 2.27. The molecule has 1 aliphatic rings. The second-order valence-electron chi connectivity index (χ2n) is 7.52. The molecule has 0 aliphatic carbocycles. The molecule has 1 saturated heterocycles. The zero-order valence-electron chi connectivity index (χ0n) is 14.8. The van der Waals surface area contributed by atoms with Crippen molar-refractivity contribution in [3.05, 3.63) is 35.6 Å². The third-order valence-corrected chi connectivity index (χ3v) is 3.71. The van der Waals surface area contributed by atoms with Crippen molar-refractivity contribution in [1.82, 2.24) is 0 Å². The molecule has 0 bridgehead atoms. The van der Waals surface area contributed by atoms with Gasteiger partial charge in [-0.2, -0.15) is 0 Å². The van der Waals surface area contributed by atoms with Crippen molar-refractivity contribution in [2.75, 3.05) is 6.61 Å². The van der Waals surface area contributed by atoms with E-state index in [1.807, 2.05) is 0 Å². The molecule has 0 radical (unpaired) electrons. The molecule has 1 aromatic rings. The minimum absolute atomic E-state index is 0.0703. The Morgan fingerprint density at radius 1 is 1.33 bits per heavy atom. The summed E-state index contributed by atoms with van der Waals surface area (Å²) in [5.41, 5.74) is -1.78. The lowest BCUT2D eigenvalue weighted by Crippen LogP contribution is -2.56. The fourth-order valence-electron chi connectivity index (χ4n) is 2.60. The molecule has 1 aliphatic heterocycles. The van der Waals surface area contributed by atoms with Crippen molar-refractivity contribution in [3.8, 4) is 0 Å². The van der Waals surface area contributed by atoms with E-state index in [-0.39, 0.29) is 13.0 Å². The number of hydrogen-bond acceptors (Lipinski definition) is 5. The van der Waals surface area contributed by atoms with Gasteiger partial charge in [-0.1, -0.05) is 12.1 Å². The van der Waals surface area contributed by atoms with Crippen LogP contribution in [0, 0.1) is 5.82 Å². The van der Waals surface area contributed by atoms with Crippen molar-refractivity contribution in [2.45, 2.75) is 64.1 Å². The zero-order valence-corrected chi connectivity index (χ0v) is 14.8. The average Bonchev–Trinajstić information content (AvgIpc) is 2.41. The molecule has 1 fully saturated rings. The van der Waals surface area contributed by atoms with Crippen LogP contribution in [0.2, 0.25) is 0 Å². The van der Waals surface area contributed by atoms with Gasteiger partial charge in [-0.15, -0.1) is 0 Å². The molecule has 134 valence electrons. The molecule has 5 nitrogen and oxygen atoms in total. The Morgan fingerprint density at radius 2 is 1.92 bits per heavy atom. The van der Waals surface area contributed by atoms with Crippen LogP contribution in [-0.4, -0.2) is 35.2 Å². The first-order valence-electron chi connectivity index (χ1n) is 7.93. The lowest BCUT2D eigenvalue weighted by atomic mass is 9.85. The predicted molar refractivity (Wildman–Crippen MR) is 85.7 cm³/mol. The number of carbonyl (C=O) groups is 1. The highest BCUT2D eigenvalue weighted by Crippen LogP contribution is 2.38. The molecule has 2 rings (SSSR count). The van der Waals surface area contributed by atoms with Crippen LogP contribution in [0.3, 0.4) is 0 Å². The van der Waals surface area contributed by atoms with Crippen LogP contribution in [0.5, 0.6) is 0 Å². The standard InChI is InChI=1S/C18H25FO5/c1-16(2,3)24-15(20)10-14-18(21,11-22-17(4,5)23-14)12-6-8-13(19)9-7-12/h6-9,14,21H,10-11H2,1-5H3/t14-,18+/m1/s1. The third kappa shape index (κ3) is 4.53. The van der Waals surface area contributed by atoms with Gasteiger partial charge in [0.05, 0.1) is 13.0 Å². The topological polar surface area (TPSA) is 65.0 Å². The lowest BCUT2D eigenvalue weighted by Gasteiger charge is -2.46. The van der Waals surface area contributed by atoms with Gasteiger partial charge < -0.3 is 19.3 Å². The summed E-state index contributed by atoms with van der Waals surface area (Å²) in [6.45, 7) is 8.65. The normalized spacial score (nSPS) is 26.9. The lowest BCUT2D eigenvalue weighted by molar-refractivity contribution is -0.338. The summed E-state index contributed by atoms with van der Waals surface area (Å²) in [5, 5.41) is 11.1. The van der Waals surface area contributed by atoms with E-state index < -0.39 is 34.9 Å². The Labute approximate surface area is 141 Å². The second-order valence-corrected chi connectivity index (χ2v) is 7.52. The highest BCUT2D eigenvalue weighted by atomic mass is 19.1. The smallest absolute Gasteiger partial charge is 0.309 e. The van der Waals surface area contributed by atoms with E-state index in [1.165, 1.54) is 24.3 Å². The number of hydrogen-bond donors (Lipinski definition) is 1. The van der Waals surface area contributed by atoms with Crippen LogP contribution >= 0.6 is 0 Å². The molecule has 1 heterocycles. The molecular formula is C18H25FO5. The van der Waals surface area contributed by atoms with E-state index in [1.54, 1.807) is 34.6 Å². The quantitative estimate of drug-likeness (QED) is 0.857. The first-order chi connectivity index (χ1) is 10.9. The third-order valence-electron chi connectivity index (χ3n) is 3.71. The summed E-state index contributed by atoms with van der Waals surface area (Å²) in [6, 6.07) is 5.42. The van der Waals surface area contributed by atoms with Crippen molar-refractivity contribution < 1.29 is 28.5 Å². The molecule has 24 heavy (non-hydrogen) atoms. The first kappa shape index (κ1) is 18.8. The van der Waals surface area contributed by atoms with Gasteiger partial charge >= 0.3 is 5.97 Å². The fourth-order valence-corrected chi connectivity index (χ4v) is 2.60. The number of rotatable bonds is 3. The number of halogens is 1. The van der Waals surface area contributed by atoms with Gasteiger partial charge in [-0.05, 0) is 52.3 Å². The van der Waals surface area contributed by atoms with Crippen LogP contribution in [0.25, 0.3) is 0 Å². The molecule has 0 unspecified atom stereocenters. The second kappa shape index (κ2) is 6.43. The molecule has 1 N–H and O–H groups in total. The highest BCUT2D eigenvalue weighted by Gasteiger charge is 2.49. The summed E-state index contributed by atoms with van der Waals surface area (Å²) in [7, 11) is 0. The minimum atomic E-state index is -1.57. The summed E-state index contributed by atoms with van der Waals surface area (Å²) in [5.74, 6) is -1.84. The largest absolute Gasteiger partial charge is 0.460 e. The maximum absolute atomic E-state index is 13.2. The average molecular weight is 340 g/mol. The summed E-state index contributed by atoms with van der Waals surface area (Å²) >= 11 is 0. The maximum atomic E-state index is 13.2. The van der Waals surface area contributed by atoms with Gasteiger partial charge in [-0.3, -0.25) is 4.79 Å². The molecule has 0 aromatic heterocycles. The van der Waals surface area contributed by atoms with E-state index in [0.29, 0.717) is 5.56 Å². The Morgan fingerprint density at radius 3 is 2.46 bits per heavy atom. The maximum Gasteiger partial charge on any atom is 0.309 e. The van der Waals surface area contributed by atoms with Gasteiger partial charge in [-0.25, -0.2) is 4.39 Å². The van der Waals surface area contributed by atoms with Gasteiger partial charge in [0, 0.05) is 0 Å². The van der Waals surface area contributed by atoms with Crippen LogP contribution < -0.4 is 0 Å². The van der Waals surface area contributed by atoms with Gasteiger partial charge in [0.15, 0.2) is 5.79 Å². The van der Waals surface area contributed by atoms with E-state index >= 15 is 0 Å². The van der Waals surface area contributed by atoms with Crippen LogP contribution in [-0.2, 0) is 24.6 Å². The number of esters is 1. The van der Waals surface area contributed by atoms with Crippen molar-refractivity contribution in [3.63, 3.8) is 0 Å². The van der Waals surface area contributed by atoms with Crippen LogP contribution in [0.15, 0.2) is 24.3 Å². The minimum Gasteiger partial charge on any atom is -0.460 e. The van der Waals surface area contributed by atoms with Crippen molar-refractivity contribution in [2.24, 2.45) is 0 Å².